The molecule has 49 heavy (non-hydrogen) atoms. The minimum atomic E-state index is 1.18. The average Bonchev–Trinajstić information content (AvgIpc) is 3.85. The molecule has 0 aliphatic rings. The lowest BCUT2D eigenvalue weighted by Crippen LogP contribution is -1.94. The zero-order chi connectivity index (χ0) is 32.1. The summed E-state index contributed by atoms with van der Waals surface area (Å²) in [6.45, 7) is 0. The first-order valence-corrected chi connectivity index (χ1v) is 17.6. The molecule has 0 fully saturated rings. The fourth-order valence-corrected chi connectivity index (χ4v) is 9.06. The topological polar surface area (TPSA) is 9.86 Å². The van der Waals surface area contributed by atoms with Crippen molar-refractivity contribution < 1.29 is 0 Å². The molecular weight excluding hydrogens is 613 g/mol. The third-order valence-electron chi connectivity index (χ3n) is 10.3. The van der Waals surface area contributed by atoms with E-state index in [9.17, 15) is 0 Å². The predicted molar refractivity (Wildman–Crippen MR) is 211 cm³/mol. The Morgan fingerprint density at radius 1 is 0.367 bits per heavy atom. The second-order valence-corrected chi connectivity index (χ2v) is 14.1. The van der Waals surface area contributed by atoms with Crippen LogP contribution in [0, 0.1) is 0 Å². The standard InChI is InChI=1S/C46H28N2S/c1-2-9-31-26-36(17-13-29(31)7-1)48-42-20-16-33(27-40(42)46-37-10-4-3-8-30(37)14-21-43(46)48)32-15-19-41-34(25-32)23-24-47(41)35-18-22-45-39(28-35)38-11-5-6-12-44(38)49-45/h1-28H. The van der Waals surface area contributed by atoms with Crippen molar-refractivity contribution in [2.45, 2.75) is 0 Å². The molecule has 3 heteroatoms. The summed E-state index contributed by atoms with van der Waals surface area (Å²) >= 11 is 1.86. The molecule has 0 amide bonds. The van der Waals surface area contributed by atoms with E-state index in [2.05, 4.69) is 179 Å². The van der Waals surface area contributed by atoms with Crippen LogP contribution in [0.4, 0.5) is 0 Å². The van der Waals surface area contributed by atoms with Gasteiger partial charge in [-0.25, -0.2) is 0 Å². The van der Waals surface area contributed by atoms with Crippen LogP contribution in [-0.2, 0) is 0 Å². The van der Waals surface area contributed by atoms with Crippen molar-refractivity contribution in [2.75, 3.05) is 0 Å². The van der Waals surface area contributed by atoms with Crippen molar-refractivity contribution >= 4 is 85.8 Å². The van der Waals surface area contributed by atoms with E-state index < -0.39 is 0 Å². The Labute approximate surface area is 286 Å². The predicted octanol–water partition coefficient (Wildman–Crippen LogP) is 13.1. The summed E-state index contributed by atoms with van der Waals surface area (Å²) in [7, 11) is 0. The Kier molecular flexibility index (Phi) is 5.57. The third kappa shape index (κ3) is 4.00. The summed E-state index contributed by atoms with van der Waals surface area (Å²) in [5.41, 5.74) is 8.46. The van der Waals surface area contributed by atoms with Crippen molar-refractivity contribution in [1.82, 2.24) is 9.13 Å². The van der Waals surface area contributed by atoms with Crippen molar-refractivity contribution in [3.8, 4) is 22.5 Å². The van der Waals surface area contributed by atoms with E-state index >= 15 is 0 Å². The molecule has 0 saturated heterocycles. The van der Waals surface area contributed by atoms with Crippen molar-refractivity contribution in [3.05, 3.63) is 170 Å². The first kappa shape index (κ1) is 26.9. The van der Waals surface area contributed by atoms with Crippen LogP contribution in [0.2, 0.25) is 0 Å². The van der Waals surface area contributed by atoms with Gasteiger partial charge >= 0.3 is 0 Å². The Morgan fingerprint density at radius 3 is 1.98 bits per heavy atom. The van der Waals surface area contributed by atoms with Crippen LogP contribution < -0.4 is 0 Å². The number of aromatic nitrogens is 2. The van der Waals surface area contributed by atoms with Crippen molar-refractivity contribution in [1.29, 1.82) is 0 Å². The van der Waals surface area contributed by atoms with Gasteiger partial charge in [0.15, 0.2) is 0 Å². The number of hydrogen-bond donors (Lipinski definition) is 0. The molecule has 0 aliphatic carbocycles. The highest BCUT2D eigenvalue weighted by Gasteiger charge is 2.17. The second-order valence-electron chi connectivity index (χ2n) is 13.0. The van der Waals surface area contributed by atoms with E-state index in [1.807, 2.05) is 11.3 Å². The Hall–Kier alpha value is -6.16. The maximum atomic E-state index is 2.43. The molecule has 2 nitrogen and oxygen atoms in total. The molecule has 3 aromatic heterocycles. The van der Waals surface area contributed by atoms with E-state index in [-0.39, 0.29) is 0 Å². The van der Waals surface area contributed by atoms with Crippen LogP contribution >= 0.6 is 11.3 Å². The molecule has 0 unspecified atom stereocenters. The summed E-state index contributed by atoms with van der Waals surface area (Å²) in [6, 6.07) is 60.4. The number of benzene rings is 8. The van der Waals surface area contributed by atoms with Crippen LogP contribution in [0.1, 0.15) is 0 Å². The van der Waals surface area contributed by atoms with E-state index in [0.717, 1.165) is 0 Å². The average molecular weight is 641 g/mol. The van der Waals surface area contributed by atoms with E-state index in [0.29, 0.717) is 0 Å². The maximum absolute atomic E-state index is 2.43. The van der Waals surface area contributed by atoms with Gasteiger partial charge in [0.1, 0.15) is 0 Å². The molecule has 0 N–H and O–H groups in total. The van der Waals surface area contributed by atoms with Gasteiger partial charge in [-0.1, -0.05) is 91.0 Å². The molecule has 0 radical (unpaired) electrons. The highest BCUT2D eigenvalue weighted by atomic mass is 32.1. The highest BCUT2D eigenvalue weighted by molar-refractivity contribution is 7.25. The monoisotopic (exact) mass is 640 g/mol. The number of thiophene rings is 1. The van der Waals surface area contributed by atoms with Gasteiger partial charge in [-0.2, -0.15) is 0 Å². The van der Waals surface area contributed by atoms with Crippen LogP contribution in [-0.4, -0.2) is 9.13 Å². The van der Waals surface area contributed by atoms with Gasteiger partial charge < -0.3 is 9.13 Å². The smallest absolute Gasteiger partial charge is 0.0547 e. The van der Waals surface area contributed by atoms with Crippen LogP contribution in [0.15, 0.2) is 170 Å². The lowest BCUT2D eigenvalue weighted by molar-refractivity contribution is 1.13. The number of nitrogens with zero attached hydrogens (tertiary/aromatic N) is 2. The quantitative estimate of drug-likeness (QED) is 0.182. The Bertz CT molecular complexity index is 3120. The van der Waals surface area contributed by atoms with Gasteiger partial charge in [0.05, 0.1) is 16.6 Å². The summed E-state index contributed by atoms with van der Waals surface area (Å²) in [5, 5.41) is 11.5. The minimum Gasteiger partial charge on any atom is -0.317 e. The number of rotatable bonds is 3. The van der Waals surface area contributed by atoms with Crippen LogP contribution in [0.25, 0.3) is 96.9 Å². The molecule has 11 aromatic rings. The molecule has 11 rings (SSSR count). The lowest BCUT2D eigenvalue weighted by atomic mass is 9.99. The van der Waals surface area contributed by atoms with Gasteiger partial charge in [-0.15, -0.1) is 11.3 Å². The minimum absolute atomic E-state index is 1.18. The van der Waals surface area contributed by atoms with Crippen LogP contribution in [0.5, 0.6) is 0 Å². The third-order valence-corrected chi connectivity index (χ3v) is 11.5. The molecule has 0 saturated carbocycles. The second kappa shape index (κ2) is 10.2. The first-order chi connectivity index (χ1) is 24.3. The highest BCUT2D eigenvalue weighted by Crippen LogP contribution is 2.40. The summed E-state index contributed by atoms with van der Waals surface area (Å²) in [6.07, 6.45) is 2.21. The molecule has 0 aliphatic heterocycles. The van der Waals surface area contributed by atoms with Gasteiger partial charge in [-0.3, -0.25) is 0 Å². The molecule has 0 atom stereocenters. The molecule has 3 heterocycles. The fourth-order valence-electron chi connectivity index (χ4n) is 7.98. The van der Waals surface area contributed by atoms with Gasteiger partial charge in [-0.05, 0) is 105 Å². The molecule has 0 bridgehead atoms. The maximum Gasteiger partial charge on any atom is 0.0547 e. The normalized spacial score (nSPS) is 12.1. The number of fused-ring (bicyclic) bond motifs is 10. The molecule has 228 valence electrons. The summed E-state index contributed by atoms with van der Waals surface area (Å²) in [4.78, 5) is 0. The molecular formula is C46H28N2S. The Morgan fingerprint density at radius 2 is 1.06 bits per heavy atom. The van der Waals surface area contributed by atoms with E-state index in [1.54, 1.807) is 0 Å². The zero-order valence-corrected chi connectivity index (χ0v) is 27.3. The zero-order valence-electron chi connectivity index (χ0n) is 26.5. The molecule has 8 aromatic carbocycles. The van der Waals surface area contributed by atoms with Gasteiger partial charge in [0, 0.05) is 53.9 Å². The lowest BCUT2D eigenvalue weighted by Gasteiger charge is -2.10. The SMILES string of the molecule is c1ccc2cc(-n3c4ccc(-c5ccc6c(ccn6-c6ccc7sc8ccccc8c7c6)c5)cc4c4c5ccccc5ccc43)ccc2c1. The van der Waals surface area contributed by atoms with Gasteiger partial charge in [0.2, 0.25) is 0 Å². The Balaban J connectivity index is 1.08. The largest absolute Gasteiger partial charge is 0.317 e. The number of hydrogen-bond acceptors (Lipinski definition) is 1. The van der Waals surface area contributed by atoms with Crippen molar-refractivity contribution in [3.63, 3.8) is 0 Å². The fraction of sp³-hybridized carbons (Fsp3) is 0. The van der Waals surface area contributed by atoms with Gasteiger partial charge in [0.25, 0.3) is 0 Å². The van der Waals surface area contributed by atoms with Crippen molar-refractivity contribution in [2.24, 2.45) is 0 Å². The summed E-state index contributed by atoms with van der Waals surface area (Å²) in [5.74, 6) is 0. The van der Waals surface area contributed by atoms with E-state index in [4.69, 9.17) is 0 Å². The van der Waals surface area contributed by atoms with E-state index in [1.165, 1.54) is 96.9 Å². The van der Waals surface area contributed by atoms with Crippen LogP contribution in [0.3, 0.4) is 0 Å². The molecule has 0 spiro atoms. The first-order valence-electron chi connectivity index (χ1n) is 16.8. The summed E-state index contributed by atoms with van der Waals surface area (Å²) < 4.78 is 7.41.